The van der Waals surface area contributed by atoms with Crippen LogP contribution < -0.4 is 0 Å². The predicted octanol–water partition coefficient (Wildman–Crippen LogP) is 4.06. The lowest BCUT2D eigenvalue weighted by Crippen LogP contribution is -2.19. The molecule has 0 heterocycles. The van der Waals surface area contributed by atoms with E-state index in [0.717, 1.165) is 18.2 Å². The molecule has 25 heavy (non-hydrogen) atoms. The van der Waals surface area contributed by atoms with Crippen LogP contribution in [0.4, 0.5) is 26.3 Å². The second-order valence-corrected chi connectivity index (χ2v) is 4.90. The van der Waals surface area contributed by atoms with Crippen molar-refractivity contribution in [1.29, 1.82) is 0 Å². The Morgan fingerprint density at radius 2 is 1.12 bits per heavy atom. The minimum atomic E-state index is -5.18. The van der Waals surface area contributed by atoms with Gasteiger partial charge >= 0.3 is 24.3 Å². The van der Waals surface area contributed by atoms with Gasteiger partial charge in [-0.2, -0.15) is 26.3 Å². The van der Waals surface area contributed by atoms with E-state index in [2.05, 4.69) is 0 Å². The molecule has 1 aromatic carbocycles. The van der Waals surface area contributed by atoms with Crippen molar-refractivity contribution in [1.82, 2.24) is 0 Å². The molecule has 0 spiro atoms. The molecule has 0 amide bonds. The highest BCUT2D eigenvalue weighted by molar-refractivity contribution is 5.95. The van der Waals surface area contributed by atoms with Gasteiger partial charge in [0.15, 0.2) is 0 Å². The number of halogens is 6. The number of carboxylic acids is 2. The van der Waals surface area contributed by atoms with Gasteiger partial charge in [-0.25, -0.2) is 9.59 Å². The van der Waals surface area contributed by atoms with Crippen LogP contribution in [0, 0.1) is 6.92 Å². The van der Waals surface area contributed by atoms with Crippen LogP contribution >= 0.6 is 0 Å². The third-order valence-electron chi connectivity index (χ3n) is 2.82. The summed E-state index contributed by atoms with van der Waals surface area (Å²) in [5.74, 6) is -4.51. The van der Waals surface area contributed by atoms with E-state index in [0.29, 0.717) is 0 Å². The molecule has 2 N–H and O–H groups in total. The van der Waals surface area contributed by atoms with Crippen molar-refractivity contribution in [2.45, 2.75) is 19.3 Å². The molecule has 0 saturated heterocycles. The number of hydrogen-bond donors (Lipinski definition) is 2. The molecule has 0 aliphatic rings. The van der Waals surface area contributed by atoms with Crippen LogP contribution in [0.5, 0.6) is 0 Å². The van der Waals surface area contributed by atoms with Crippen molar-refractivity contribution in [2.75, 3.05) is 0 Å². The standard InChI is InChI=1S/C15H10F6O4/c1-7-2-8(5-10(12(22)23)14(16,17)18)4-9(3-7)6-11(13(24)25)15(19,20)21/h2-6H,1H3,(H,22,23)(H,24,25). The normalized spacial score (nSPS) is 13.7. The van der Waals surface area contributed by atoms with Crippen LogP contribution in [0.3, 0.4) is 0 Å². The number of alkyl halides is 6. The fraction of sp³-hybridized carbons (Fsp3) is 0.200. The lowest BCUT2D eigenvalue weighted by atomic mass is 10.0. The fourth-order valence-electron chi connectivity index (χ4n) is 1.87. The van der Waals surface area contributed by atoms with Gasteiger partial charge in [0.1, 0.15) is 11.1 Å². The van der Waals surface area contributed by atoms with Gasteiger partial charge < -0.3 is 10.2 Å². The van der Waals surface area contributed by atoms with Crippen LogP contribution in [0.15, 0.2) is 29.3 Å². The SMILES string of the molecule is Cc1cc(C=C(C(=O)O)C(F)(F)F)cc(C=C(C(=O)O)C(F)(F)F)c1. The third-order valence-corrected chi connectivity index (χ3v) is 2.82. The first-order valence-corrected chi connectivity index (χ1v) is 6.38. The summed E-state index contributed by atoms with van der Waals surface area (Å²) in [4.78, 5) is 21.4. The molecule has 0 fully saturated rings. The maximum Gasteiger partial charge on any atom is 0.423 e. The van der Waals surface area contributed by atoms with Crippen molar-refractivity contribution in [3.05, 3.63) is 46.0 Å². The summed E-state index contributed by atoms with van der Waals surface area (Å²) >= 11 is 0. The highest BCUT2D eigenvalue weighted by atomic mass is 19.4. The molecule has 1 rings (SSSR count). The van der Waals surface area contributed by atoms with E-state index in [9.17, 15) is 35.9 Å². The topological polar surface area (TPSA) is 74.6 Å². The molecule has 4 nitrogen and oxygen atoms in total. The number of benzene rings is 1. The number of aryl methyl sites for hydroxylation is 1. The van der Waals surface area contributed by atoms with Gasteiger partial charge in [-0.1, -0.05) is 12.1 Å². The zero-order chi connectivity index (χ0) is 19.6. The quantitative estimate of drug-likeness (QED) is 0.621. The van der Waals surface area contributed by atoms with Gasteiger partial charge in [0.05, 0.1) is 0 Å². The van der Waals surface area contributed by atoms with E-state index >= 15 is 0 Å². The number of aliphatic carboxylic acids is 2. The first-order chi connectivity index (χ1) is 11.2. The largest absolute Gasteiger partial charge is 0.478 e. The van der Waals surface area contributed by atoms with Crippen LogP contribution in [0.25, 0.3) is 12.2 Å². The summed E-state index contributed by atoms with van der Waals surface area (Å²) in [6.45, 7) is 1.34. The zero-order valence-electron chi connectivity index (χ0n) is 12.4. The molecule has 136 valence electrons. The Hall–Kier alpha value is -2.78. The van der Waals surface area contributed by atoms with E-state index in [1.807, 2.05) is 0 Å². The molecule has 10 heteroatoms. The summed E-state index contributed by atoms with van der Waals surface area (Å²) in [7, 11) is 0. The van der Waals surface area contributed by atoms with Crippen molar-refractivity contribution in [3.63, 3.8) is 0 Å². The van der Waals surface area contributed by atoms with E-state index in [-0.39, 0.29) is 28.8 Å². The lowest BCUT2D eigenvalue weighted by molar-refractivity contribution is -0.146. The first-order valence-electron chi connectivity index (χ1n) is 6.38. The summed E-state index contributed by atoms with van der Waals surface area (Å²) in [6, 6.07) is 3.04. The minimum Gasteiger partial charge on any atom is -0.478 e. The van der Waals surface area contributed by atoms with E-state index in [1.165, 1.54) is 6.92 Å². The average Bonchev–Trinajstić information content (AvgIpc) is 2.38. The maximum absolute atomic E-state index is 12.6. The number of carboxylic acid groups (broad SMARTS) is 2. The molecule has 0 aliphatic heterocycles. The Morgan fingerprint density at radius 1 is 0.800 bits per heavy atom. The first kappa shape index (κ1) is 20.3. The monoisotopic (exact) mass is 368 g/mol. The third kappa shape index (κ3) is 5.66. The summed E-state index contributed by atoms with van der Waals surface area (Å²) in [5.41, 5.74) is -4.30. The van der Waals surface area contributed by atoms with Crippen molar-refractivity contribution >= 4 is 24.1 Å². The molecular weight excluding hydrogens is 358 g/mol. The van der Waals surface area contributed by atoms with Gasteiger partial charge in [0.2, 0.25) is 0 Å². The molecule has 0 unspecified atom stereocenters. The molecule has 0 bridgehead atoms. The second-order valence-electron chi connectivity index (χ2n) is 4.90. The van der Waals surface area contributed by atoms with E-state index in [4.69, 9.17) is 10.2 Å². The summed E-state index contributed by atoms with van der Waals surface area (Å²) in [5, 5.41) is 17.2. The molecule has 0 saturated carbocycles. The van der Waals surface area contributed by atoms with Crippen molar-refractivity contribution in [2.24, 2.45) is 0 Å². The highest BCUT2D eigenvalue weighted by Crippen LogP contribution is 2.30. The van der Waals surface area contributed by atoms with Gasteiger partial charge in [0.25, 0.3) is 0 Å². The predicted molar refractivity (Wildman–Crippen MR) is 74.5 cm³/mol. The van der Waals surface area contributed by atoms with Crippen LogP contribution in [0.2, 0.25) is 0 Å². The molecule has 0 aromatic heterocycles. The number of carbonyl (C=O) groups is 2. The Bertz CT molecular complexity index is 696. The Labute approximate surface area is 136 Å². The molecule has 0 aliphatic carbocycles. The molecule has 0 atom stereocenters. The van der Waals surface area contributed by atoms with Gasteiger partial charge in [-0.05, 0) is 41.8 Å². The summed E-state index contributed by atoms with van der Waals surface area (Å²) < 4.78 is 75.9. The fourth-order valence-corrected chi connectivity index (χ4v) is 1.87. The van der Waals surface area contributed by atoms with Crippen LogP contribution in [-0.4, -0.2) is 34.5 Å². The van der Waals surface area contributed by atoms with Gasteiger partial charge in [-0.15, -0.1) is 0 Å². The number of hydrogen-bond acceptors (Lipinski definition) is 2. The van der Waals surface area contributed by atoms with Gasteiger partial charge in [-0.3, -0.25) is 0 Å². The van der Waals surface area contributed by atoms with Crippen molar-refractivity contribution < 1.29 is 46.1 Å². The minimum absolute atomic E-state index is 0.207. The molecule has 1 aromatic rings. The highest BCUT2D eigenvalue weighted by Gasteiger charge is 2.39. The zero-order valence-corrected chi connectivity index (χ0v) is 12.4. The Kier molecular flexibility index (Phi) is 5.67. The van der Waals surface area contributed by atoms with E-state index in [1.54, 1.807) is 0 Å². The average molecular weight is 368 g/mol. The number of rotatable bonds is 4. The van der Waals surface area contributed by atoms with Gasteiger partial charge in [0, 0.05) is 0 Å². The lowest BCUT2D eigenvalue weighted by Gasteiger charge is -2.09. The van der Waals surface area contributed by atoms with Crippen LogP contribution in [-0.2, 0) is 9.59 Å². The van der Waals surface area contributed by atoms with Crippen LogP contribution in [0.1, 0.15) is 16.7 Å². The van der Waals surface area contributed by atoms with E-state index < -0.39 is 35.4 Å². The van der Waals surface area contributed by atoms with Crippen molar-refractivity contribution in [3.8, 4) is 0 Å². The maximum atomic E-state index is 12.6. The Balaban J connectivity index is 3.52. The summed E-state index contributed by atoms with van der Waals surface area (Å²) in [6.07, 6.45) is -9.85. The molecular formula is C15H10F6O4. The second kappa shape index (κ2) is 6.99. The smallest absolute Gasteiger partial charge is 0.423 e. The molecule has 0 radical (unpaired) electrons. The Morgan fingerprint density at radius 3 is 1.36 bits per heavy atom.